The zero-order valence-corrected chi connectivity index (χ0v) is 9.54. The van der Waals surface area contributed by atoms with Crippen molar-refractivity contribution < 1.29 is 5.11 Å². The minimum atomic E-state index is 0.256. The summed E-state index contributed by atoms with van der Waals surface area (Å²) in [6.07, 6.45) is 3.17. The van der Waals surface area contributed by atoms with Crippen molar-refractivity contribution in [3.8, 4) is 17.0 Å². The van der Waals surface area contributed by atoms with E-state index in [9.17, 15) is 5.11 Å². The predicted octanol–water partition coefficient (Wildman–Crippen LogP) is 2.58. The quantitative estimate of drug-likeness (QED) is 0.682. The van der Waals surface area contributed by atoms with Crippen LogP contribution in [0.15, 0.2) is 48.8 Å². The van der Waals surface area contributed by atoms with Crippen molar-refractivity contribution >= 4 is 16.6 Å². The van der Waals surface area contributed by atoms with Crippen LogP contribution >= 0.6 is 0 Å². The molecular formula is C14H11N3O. The Morgan fingerprint density at radius 3 is 2.50 bits per heavy atom. The van der Waals surface area contributed by atoms with Gasteiger partial charge in [-0.3, -0.25) is 4.98 Å². The number of phenolic OH excluding ortho intramolecular Hbond substituents is 1. The minimum absolute atomic E-state index is 0.256. The number of nitrogens with two attached hydrogens (primary N) is 1. The lowest BCUT2D eigenvalue weighted by molar-refractivity contribution is 0.481. The number of hydrogen-bond donors (Lipinski definition) is 2. The molecule has 0 spiro atoms. The topological polar surface area (TPSA) is 72.0 Å². The fraction of sp³-hybridized carbons (Fsp3) is 0. The highest BCUT2D eigenvalue weighted by molar-refractivity contribution is 5.99. The number of phenols is 1. The molecule has 3 aromatic rings. The summed E-state index contributed by atoms with van der Waals surface area (Å²) in [6.45, 7) is 0. The Balaban J connectivity index is 2.33. The maximum absolute atomic E-state index is 9.84. The van der Waals surface area contributed by atoms with Crippen LogP contribution in [0, 0.1) is 0 Å². The van der Waals surface area contributed by atoms with Crippen LogP contribution < -0.4 is 5.73 Å². The van der Waals surface area contributed by atoms with E-state index in [0.717, 1.165) is 16.3 Å². The molecule has 0 aliphatic carbocycles. The lowest BCUT2D eigenvalue weighted by atomic mass is 10.0. The van der Waals surface area contributed by atoms with Crippen molar-refractivity contribution in [2.45, 2.75) is 0 Å². The van der Waals surface area contributed by atoms with Crippen LogP contribution in [0.2, 0.25) is 0 Å². The average Bonchev–Trinajstić information content (AvgIpc) is 2.39. The zero-order chi connectivity index (χ0) is 12.5. The molecule has 18 heavy (non-hydrogen) atoms. The van der Waals surface area contributed by atoms with E-state index in [-0.39, 0.29) is 5.75 Å². The molecule has 3 rings (SSSR count). The Morgan fingerprint density at radius 1 is 0.944 bits per heavy atom. The fourth-order valence-corrected chi connectivity index (χ4v) is 2.02. The van der Waals surface area contributed by atoms with Crippen LogP contribution in [0.1, 0.15) is 0 Å². The van der Waals surface area contributed by atoms with Crippen LogP contribution in [-0.2, 0) is 0 Å². The largest absolute Gasteiger partial charge is 0.507 e. The Morgan fingerprint density at radius 2 is 1.72 bits per heavy atom. The summed E-state index contributed by atoms with van der Waals surface area (Å²) in [5.41, 5.74) is 7.25. The number of aromatic hydroxyl groups is 1. The van der Waals surface area contributed by atoms with Gasteiger partial charge in [0.1, 0.15) is 11.6 Å². The smallest absolute Gasteiger partial charge is 0.142 e. The van der Waals surface area contributed by atoms with Crippen molar-refractivity contribution in [1.82, 2.24) is 9.97 Å². The molecule has 2 aromatic carbocycles. The molecule has 3 N–H and O–H groups in total. The molecule has 88 valence electrons. The molecular weight excluding hydrogens is 226 g/mol. The van der Waals surface area contributed by atoms with Gasteiger partial charge in [0.25, 0.3) is 0 Å². The van der Waals surface area contributed by atoms with Crippen molar-refractivity contribution in [3.63, 3.8) is 0 Å². The number of aromatic nitrogens is 2. The summed E-state index contributed by atoms with van der Waals surface area (Å²) in [7, 11) is 0. The molecule has 1 aromatic heterocycles. The summed E-state index contributed by atoms with van der Waals surface area (Å²) in [6, 6.07) is 11.1. The number of benzene rings is 2. The van der Waals surface area contributed by atoms with Gasteiger partial charge in [-0.2, -0.15) is 0 Å². The SMILES string of the molecule is Nc1cncc(-c2ccc(O)c3ccccc23)n1. The molecule has 0 aliphatic heterocycles. The Kier molecular flexibility index (Phi) is 2.34. The van der Waals surface area contributed by atoms with Crippen molar-refractivity contribution in [2.75, 3.05) is 5.73 Å². The molecule has 0 saturated heterocycles. The van der Waals surface area contributed by atoms with Gasteiger partial charge in [0.15, 0.2) is 0 Å². The highest BCUT2D eigenvalue weighted by atomic mass is 16.3. The Labute approximate surface area is 104 Å². The first-order valence-corrected chi connectivity index (χ1v) is 5.54. The van der Waals surface area contributed by atoms with E-state index in [1.165, 1.54) is 6.20 Å². The van der Waals surface area contributed by atoms with Gasteiger partial charge < -0.3 is 10.8 Å². The molecule has 1 heterocycles. The highest BCUT2D eigenvalue weighted by Gasteiger charge is 2.08. The minimum Gasteiger partial charge on any atom is -0.507 e. The number of nitrogen functional groups attached to an aromatic ring is 1. The third-order valence-electron chi connectivity index (χ3n) is 2.83. The van der Waals surface area contributed by atoms with E-state index >= 15 is 0 Å². The molecule has 0 unspecified atom stereocenters. The van der Waals surface area contributed by atoms with Gasteiger partial charge in [-0.25, -0.2) is 4.98 Å². The summed E-state index contributed by atoms with van der Waals surface area (Å²) in [5, 5.41) is 11.6. The van der Waals surface area contributed by atoms with E-state index in [0.29, 0.717) is 11.5 Å². The molecule has 0 saturated carbocycles. The molecule has 0 bridgehead atoms. The molecule has 0 atom stereocenters. The summed E-state index contributed by atoms with van der Waals surface area (Å²) < 4.78 is 0. The molecule has 0 aliphatic rings. The van der Waals surface area contributed by atoms with E-state index < -0.39 is 0 Å². The lowest BCUT2D eigenvalue weighted by Gasteiger charge is -2.07. The summed E-state index contributed by atoms with van der Waals surface area (Å²) in [4.78, 5) is 8.30. The number of anilines is 1. The van der Waals surface area contributed by atoms with Crippen LogP contribution in [-0.4, -0.2) is 15.1 Å². The normalized spacial score (nSPS) is 10.7. The van der Waals surface area contributed by atoms with Crippen LogP contribution in [0.5, 0.6) is 5.75 Å². The number of fused-ring (bicyclic) bond motifs is 1. The number of rotatable bonds is 1. The second-order valence-electron chi connectivity index (χ2n) is 4.01. The summed E-state index contributed by atoms with van der Waals surface area (Å²) >= 11 is 0. The highest BCUT2D eigenvalue weighted by Crippen LogP contribution is 2.32. The molecule has 4 heteroatoms. The van der Waals surface area contributed by atoms with Gasteiger partial charge >= 0.3 is 0 Å². The Bertz CT molecular complexity index is 725. The molecule has 0 radical (unpaired) electrons. The van der Waals surface area contributed by atoms with Gasteiger partial charge in [0, 0.05) is 10.9 Å². The lowest BCUT2D eigenvalue weighted by Crippen LogP contribution is -1.94. The third-order valence-corrected chi connectivity index (χ3v) is 2.83. The van der Waals surface area contributed by atoms with Crippen LogP contribution in [0.4, 0.5) is 5.82 Å². The third kappa shape index (κ3) is 1.64. The molecule has 4 nitrogen and oxygen atoms in total. The summed E-state index contributed by atoms with van der Waals surface area (Å²) in [5.74, 6) is 0.635. The molecule has 0 amide bonds. The first-order valence-electron chi connectivity index (χ1n) is 5.54. The van der Waals surface area contributed by atoms with Crippen molar-refractivity contribution in [3.05, 3.63) is 48.8 Å². The number of hydrogen-bond acceptors (Lipinski definition) is 4. The zero-order valence-electron chi connectivity index (χ0n) is 9.54. The van der Waals surface area contributed by atoms with E-state index in [4.69, 9.17) is 5.73 Å². The first kappa shape index (κ1) is 10.5. The van der Waals surface area contributed by atoms with E-state index in [1.807, 2.05) is 30.3 Å². The maximum Gasteiger partial charge on any atom is 0.142 e. The standard InChI is InChI=1S/C14H11N3O/c15-14-8-16-7-12(17-14)10-5-6-13(18)11-4-2-1-3-9(10)11/h1-8,18H,(H2,15,17). The first-order chi connectivity index (χ1) is 8.75. The fourth-order valence-electron chi connectivity index (χ4n) is 2.02. The van der Waals surface area contributed by atoms with Crippen molar-refractivity contribution in [1.29, 1.82) is 0 Å². The molecule has 0 fully saturated rings. The monoisotopic (exact) mass is 237 g/mol. The van der Waals surface area contributed by atoms with Gasteiger partial charge in [-0.05, 0) is 17.5 Å². The van der Waals surface area contributed by atoms with Gasteiger partial charge in [0.2, 0.25) is 0 Å². The average molecular weight is 237 g/mol. The van der Waals surface area contributed by atoms with Crippen LogP contribution in [0.3, 0.4) is 0 Å². The van der Waals surface area contributed by atoms with Gasteiger partial charge in [-0.15, -0.1) is 0 Å². The Hall–Kier alpha value is -2.62. The van der Waals surface area contributed by atoms with Gasteiger partial charge in [0.05, 0.1) is 18.1 Å². The van der Waals surface area contributed by atoms with Crippen molar-refractivity contribution in [2.24, 2.45) is 0 Å². The predicted molar refractivity (Wildman–Crippen MR) is 71.1 cm³/mol. The maximum atomic E-state index is 9.84. The van der Waals surface area contributed by atoms with Crippen LogP contribution in [0.25, 0.3) is 22.0 Å². The van der Waals surface area contributed by atoms with E-state index in [1.54, 1.807) is 12.3 Å². The van der Waals surface area contributed by atoms with E-state index in [2.05, 4.69) is 9.97 Å². The second kappa shape index (κ2) is 4.00. The van der Waals surface area contributed by atoms with Gasteiger partial charge in [-0.1, -0.05) is 24.3 Å². The number of nitrogens with zero attached hydrogens (tertiary/aromatic N) is 2. The second-order valence-corrected chi connectivity index (χ2v) is 4.01.